The largest absolute Gasteiger partial charge is 0.756 e. The number of esters is 1. The van der Waals surface area contributed by atoms with Crippen LogP contribution in [0.15, 0.2) is 60.8 Å². The molecule has 0 N–H and O–H groups in total. The Bertz CT molecular complexity index is 1210. The number of hydrogen-bond donors (Lipinski definition) is 0. The lowest BCUT2D eigenvalue weighted by Gasteiger charge is -2.28. The van der Waals surface area contributed by atoms with Crippen molar-refractivity contribution < 1.29 is 37.3 Å². The van der Waals surface area contributed by atoms with Crippen molar-refractivity contribution >= 4 is 13.8 Å². The summed E-state index contributed by atoms with van der Waals surface area (Å²) < 4.78 is 34.8. The fraction of sp³-hybridized carbons (Fsp3) is 0.800. The van der Waals surface area contributed by atoms with E-state index in [-0.39, 0.29) is 25.8 Å². The van der Waals surface area contributed by atoms with Gasteiger partial charge in [0.2, 0.25) is 0 Å². The minimum Gasteiger partial charge on any atom is -0.756 e. The van der Waals surface area contributed by atoms with E-state index in [9.17, 15) is 14.3 Å². The van der Waals surface area contributed by atoms with Gasteiger partial charge in [-0.25, -0.2) is 0 Å². The quantitative estimate of drug-likeness (QED) is 0.0197. The van der Waals surface area contributed by atoms with Crippen molar-refractivity contribution in [1.82, 2.24) is 0 Å². The first kappa shape index (κ1) is 62.2. The van der Waals surface area contributed by atoms with Crippen LogP contribution in [0.4, 0.5) is 0 Å². The molecule has 0 saturated heterocycles. The maximum Gasteiger partial charge on any atom is 0.306 e. The lowest BCUT2D eigenvalue weighted by molar-refractivity contribution is -0.870. The van der Waals surface area contributed by atoms with E-state index in [1.807, 2.05) is 21.1 Å². The van der Waals surface area contributed by atoms with E-state index in [1.165, 1.54) is 148 Å². The highest BCUT2D eigenvalue weighted by molar-refractivity contribution is 7.45. The Morgan fingerprint density at radius 2 is 0.906 bits per heavy atom. The molecule has 0 aromatic heterocycles. The van der Waals surface area contributed by atoms with Crippen molar-refractivity contribution in [2.75, 3.05) is 54.1 Å². The van der Waals surface area contributed by atoms with Crippen LogP contribution in [0.3, 0.4) is 0 Å². The average molecular weight is 920 g/mol. The van der Waals surface area contributed by atoms with Gasteiger partial charge in [0.15, 0.2) is 0 Å². The number of rotatable bonds is 49. The van der Waals surface area contributed by atoms with Gasteiger partial charge < -0.3 is 27.9 Å². The van der Waals surface area contributed by atoms with E-state index in [0.717, 1.165) is 57.8 Å². The summed E-state index contributed by atoms with van der Waals surface area (Å²) in [5, 5.41) is 0. The summed E-state index contributed by atoms with van der Waals surface area (Å²) in [5.74, 6) is -0.339. The van der Waals surface area contributed by atoms with E-state index in [1.54, 1.807) is 0 Å². The number of quaternary nitrogens is 1. The summed E-state index contributed by atoms with van der Waals surface area (Å²) in [6.45, 7) is 5.31. The van der Waals surface area contributed by atoms with Crippen LogP contribution in [-0.2, 0) is 27.9 Å². The Morgan fingerprint density at radius 1 is 0.500 bits per heavy atom. The van der Waals surface area contributed by atoms with Crippen LogP contribution in [-0.4, -0.2) is 70.7 Å². The molecule has 0 bridgehead atoms. The summed E-state index contributed by atoms with van der Waals surface area (Å²) in [4.78, 5) is 25.2. The number of phosphoric acid groups is 1. The molecule has 0 radical (unpaired) electrons. The highest BCUT2D eigenvalue weighted by Gasteiger charge is 2.20. The molecule has 0 spiro atoms. The molecule has 0 fully saturated rings. The topological polar surface area (TPSA) is 94.1 Å². The van der Waals surface area contributed by atoms with E-state index < -0.39 is 13.9 Å². The SMILES string of the molecule is CC/C=C\C/C=C\C/C=C\C/C=C\CCCCCCCCCCCCCOCC(COP(=O)([O-])OCC[N+](C)(C)C)OC(=O)CCCCCCCCC/C=C\CCCCCCCCC. The molecule has 0 aromatic rings. The van der Waals surface area contributed by atoms with Crippen molar-refractivity contribution in [1.29, 1.82) is 0 Å². The van der Waals surface area contributed by atoms with Crippen LogP contribution >= 0.6 is 7.82 Å². The fourth-order valence-corrected chi connectivity index (χ4v) is 7.97. The first-order valence-corrected chi connectivity index (χ1v) is 28.0. The Labute approximate surface area is 396 Å². The molecule has 0 aliphatic heterocycles. The Kier molecular flexibility index (Phi) is 46.3. The zero-order valence-electron chi connectivity index (χ0n) is 42.5. The molecule has 8 nitrogen and oxygen atoms in total. The van der Waals surface area contributed by atoms with E-state index in [2.05, 4.69) is 74.6 Å². The number of likely N-dealkylation sites (N-methyl/N-ethyl adjacent to an activating group) is 1. The van der Waals surface area contributed by atoms with Gasteiger partial charge in [-0.2, -0.15) is 0 Å². The molecular weight excluding hydrogens is 818 g/mol. The molecule has 9 heteroatoms. The molecule has 0 saturated carbocycles. The lowest BCUT2D eigenvalue weighted by atomic mass is 10.1. The molecule has 2 atom stereocenters. The molecule has 0 aliphatic rings. The predicted molar refractivity (Wildman–Crippen MR) is 273 cm³/mol. The number of allylic oxidation sites excluding steroid dienone is 10. The smallest absolute Gasteiger partial charge is 0.306 e. The minimum absolute atomic E-state index is 0.0232. The van der Waals surface area contributed by atoms with Gasteiger partial charge >= 0.3 is 5.97 Å². The van der Waals surface area contributed by atoms with E-state index in [4.69, 9.17) is 18.5 Å². The second-order valence-corrected chi connectivity index (χ2v) is 20.3. The lowest BCUT2D eigenvalue weighted by Crippen LogP contribution is -2.37. The Hall–Kier alpha value is -1.80. The van der Waals surface area contributed by atoms with Crippen LogP contribution in [0, 0.1) is 0 Å². The third-order valence-corrected chi connectivity index (χ3v) is 12.3. The summed E-state index contributed by atoms with van der Waals surface area (Å²) in [7, 11) is 1.35. The number of hydrogen-bond acceptors (Lipinski definition) is 7. The number of phosphoric ester groups is 1. The second-order valence-electron chi connectivity index (χ2n) is 18.9. The van der Waals surface area contributed by atoms with Crippen LogP contribution in [0.25, 0.3) is 0 Å². The summed E-state index contributed by atoms with van der Waals surface area (Å²) in [5.41, 5.74) is 0. The van der Waals surface area contributed by atoms with Crippen molar-refractivity contribution in [2.24, 2.45) is 0 Å². The maximum absolute atomic E-state index is 12.8. The molecular formula is C55H102NO7P. The number of carbonyl (C=O) groups is 1. The van der Waals surface area contributed by atoms with Crippen LogP contribution in [0.5, 0.6) is 0 Å². The van der Waals surface area contributed by atoms with Gasteiger partial charge in [-0.3, -0.25) is 9.36 Å². The third-order valence-electron chi connectivity index (χ3n) is 11.3. The van der Waals surface area contributed by atoms with Crippen LogP contribution < -0.4 is 4.89 Å². The predicted octanol–water partition coefficient (Wildman–Crippen LogP) is 15.8. The molecule has 0 heterocycles. The summed E-state index contributed by atoms with van der Waals surface area (Å²) in [6, 6.07) is 0. The third kappa shape index (κ3) is 51.2. The minimum atomic E-state index is -4.54. The second kappa shape index (κ2) is 47.7. The Balaban J connectivity index is 4.12. The molecule has 0 rings (SSSR count). The highest BCUT2D eigenvalue weighted by Crippen LogP contribution is 2.38. The van der Waals surface area contributed by atoms with Crippen molar-refractivity contribution in [2.45, 2.75) is 232 Å². The summed E-state index contributed by atoms with van der Waals surface area (Å²) in [6.07, 6.45) is 61.0. The first-order valence-electron chi connectivity index (χ1n) is 26.5. The van der Waals surface area contributed by atoms with Crippen molar-refractivity contribution in [3.8, 4) is 0 Å². The number of unbranched alkanes of at least 4 members (excludes halogenated alkanes) is 25. The first-order chi connectivity index (χ1) is 31.1. The maximum atomic E-state index is 12.8. The van der Waals surface area contributed by atoms with Crippen molar-refractivity contribution in [3.05, 3.63) is 60.8 Å². The number of ether oxygens (including phenoxy) is 2. The van der Waals surface area contributed by atoms with E-state index in [0.29, 0.717) is 24.1 Å². The van der Waals surface area contributed by atoms with Crippen LogP contribution in [0.2, 0.25) is 0 Å². The summed E-state index contributed by atoms with van der Waals surface area (Å²) >= 11 is 0. The molecule has 0 amide bonds. The molecule has 0 aromatic carbocycles. The molecule has 0 aliphatic carbocycles. The number of nitrogens with zero attached hydrogens (tertiary/aromatic N) is 1. The zero-order valence-corrected chi connectivity index (χ0v) is 43.4. The zero-order chi connectivity index (χ0) is 46.9. The molecule has 374 valence electrons. The van der Waals surface area contributed by atoms with Gasteiger partial charge in [0.05, 0.1) is 34.4 Å². The standard InChI is InChI=1S/C55H102NO7P/c1-6-8-10-12-14-16-18-20-22-24-26-27-28-29-30-31-33-35-37-39-41-43-45-47-50-60-52-54(53-62-64(58,59)61-51-49-56(3,4)5)63-55(57)48-46-44-42-40-38-36-34-32-25-23-21-19-17-15-13-11-9-7-2/h8,10,14,16,20,22-23,25-27,54H,6-7,9,11-13,15,17-19,21,24,28-53H2,1-5H3/b10-8-,16-14-,22-20-,25-23-,27-26-. The molecule has 64 heavy (non-hydrogen) atoms. The average Bonchev–Trinajstić information content (AvgIpc) is 3.25. The van der Waals surface area contributed by atoms with Gasteiger partial charge in [0, 0.05) is 13.0 Å². The Morgan fingerprint density at radius 3 is 1.38 bits per heavy atom. The highest BCUT2D eigenvalue weighted by atomic mass is 31.2. The van der Waals surface area contributed by atoms with Gasteiger partial charge in [-0.05, 0) is 77.0 Å². The van der Waals surface area contributed by atoms with Crippen LogP contribution in [0.1, 0.15) is 226 Å². The van der Waals surface area contributed by atoms with Gasteiger partial charge in [-0.15, -0.1) is 0 Å². The molecule has 2 unspecified atom stereocenters. The fourth-order valence-electron chi connectivity index (χ4n) is 7.24. The number of carbonyl (C=O) groups excluding carboxylic acids is 1. The van der Waals surface area contributed by atoms with E-state index >= 15 is 0 Å². The monoisotopic (exact) mass is 920 g/mol. The normalized spacial score (nSPS) is 14.0. The van der Waals surface area contributed by atoms with Gasteiger partial charge in [0.25, 0.3) is 7.82 Å². The van der Waals surface area contributed by atoms with Gasteiger partial charge in [0.1, 0.15) is 19.3 Å². The van der Waals surface area contributed by atoms with Gasteiger partial charge in [-0.1, -0.05) is 203 Å². The van der Waals surface area contributed by atoms with Crippen molar-refractivity contribution in [3.63, 3.8) is 0 Å².